The highest BCUT2D eigenvalue weighted by molar-refractivity contribution is 5.95. The van der Waals surface area contributed by atoms with Crippen molar-refractivity contribution in [3.8, 4) is 11.5 Å². The van der Waals surface area contributed by atoms with Crippen LogP contribution in [0.15, 0.2) is 84.9 Å². The van der Waals surface area contributed by atoms with Crippen molar-refractivity contribution in [3.05, 3.63) is 130 Å². The van der Waals surface area contributed by atoms with Gasteiger partial charge < -0.3 is 14.8 Å². The maximum Gasteiger partial charge on any atom is 0.461 e. The molecule has 48 heavy (non-hydrogen) atoms. The second kappa shape index (κ2) is 13.4. The van der Waals surface area contributed by atoms with Crippen molar-refractivity contribution in [1.29, 1.82) is 0 Å². The van der Waals surface area contributed by atoms with Crippen molar-refractivity contribution >= 4 is 5.91 Å². The van der Waals surface area contributed by atoms with Crippen molar-refractivity contribution < 1.29 is 58.2 Å². The first-order chi connectivity index (χ1) is 22.2. The van der Waals surface area contributed by atoms with Crippen LogP contribution in [0.4, 0.5) is 43.9 Å². The molecule has 0 aliphatic carbocycles. The summed E-state index contributed by atoms with van der Waals surface area (Å²) in [6, 6.07) is 14.2. The lowest BCUT2D eigenvalue weighted by atomic mass is 9.77. The van der Waals surface area contributed by atoms with Gasteiger partial charge in [-0.3, -0.25) is 4.79 Å². The number of alkyl halides is 7. The molecule has 1 N–H and O–H groups in total. The van der Waals surface area contributed by atoms with E-state index in [1.54, 1.807) is 39.0 Å². The van der Waals surface area contributed by atoms with Crippen LogP contribution in [-0.2, 0) is 18.1 Å². The molecule has 0 fully saturated rings. The Hall–Kier alpha value is -4.75. The first-order valence-electron chi connectivity index (χ1n) is 14.1. The predicted molar refractivity (Wildman–Crippen MR) is 155 cm³/mol. The molecule has 0 spiro atoms. The third-order valence-electron chi connectivity index (χ3n) is 6.89. The molecule has 1 atom stereocenters. The summed E-state index contributed by atoms with van der Waals surface area (Å²) in [6.45, 7) is 4.76. The molecule has 4 rings (SSSR count). The molecule has 0 heterocycles. The molecule has 0 aliphatic heterocycles. The van der Waals surface area contributed by atoms with E-state index in [1.165, 1.54) is 12.1 Å². The number of halogens is 10. The second-order valence-electron chi connectivity index (χ2n) is 11.7. The van der Waals surface area contributed by atoms with Crippen LogP contribution in [-0.4, -0.2) is 24.0 Å². The minimum absolute atomic E-state index is 0.101. The van der Waals surface area contributed by atoms with Gasteiger partial charge in [-0.1, -0.05) is 36.4 Å². The standard InChI is InChI=1S/C34H27F10NO3/c1-31(2,3)48-28-16-21(10-12-27(28)37)32(18-19-7-5-4-6-8-19,22-14-23(35)17-24(15-22)47-34(43,44)30(38)39)45-29(46)20-9-11-26(36)25(13-20)33(40,41)42/h4-17,30H,18H2,1-3H3,(H,45,46). The van der Waals surface area contributed by atoms with Gasteiger partial charge in [0.1, 0.15) is 23.0 Å². The summed E-state index contributed by atoms with van der Waals surface area (Å²) in [6.07, 6.45) is -15.0. The van der Waals surface area contributed by atoms with Crippen molar-refractivity contribution in [1.82, 2.24) is 5.32 Å². The molecular weight excluding hydrogens is 660 g/mol. The molecule has 256 valence electrons. The van der Waals surface area contributed by atoms with Gasteiger partial charge in [0, 0.05) is 18.1 Å². The van der Waals surface area contributed by atoms with Gasteiger partial charge >= 0.3 is 18.7 Å². The summed E-state index contributed by atoms with van der Waals surface area (Å²) in [5, 5.41) is 2.51. The van der Waals surface area contributed by atoms with Crippen LogP contribution in [0.5, 0.6) is 11.5 Å². The van der Waals surface area contributed by atoms with E-state index < -0.39 is 82.1 Å². The highest BCUT2D eigenvalue weighted by Gasteiger charge is 2.45. The first-order valence-corrected chi connectivity index (χ1v) is 14.1. The van der Waals surface area contributed by atoms with Gasteiger partial charge in [0.15, 0.2) is 11.6 Å². The maximum absolute atomic E-state index is 15.2. The van der Waals surface area contributed by atoms with Crippen LogP contribution in [0.3, 0.4) is 0 Å². The molecule has 0 saturated heterocycles. The topological polar surface area (TPSA) is 47.6 Å². The normalized spacial score (nSPS) is 13.6. The number of hydrogen-bond acceptors (Lipinski definition) is 3. The van der Waals surface area contributed by atoms with Crippen LogP contribution in [0.1, 0.15) is 53.4 Å². The van der Waals surface area contributed by atoms with Gasteiger partial charge in [-0.05, 0) is 79.9 Å². The molecule has 4 aromatic carbocycles. The van der Waals surface area contributed by atoms with E-state index in [1.807, 2.05) is 0 Å². The Morgan fingerprint density at radius 1 is 0.750 bits per heavy atom. The van der Waals surface area contributed by atoms with Crippen molar-refractivity contribution in [2.45, 2.75) is 57.0 Å². The average Bonchev–Trinajstić information content (AvgIpc) is 2.96. The van der Waals surface area contributed by atoms with Crippen molar-refractivity contribution in [2.24, 2.45) is 0 Å². The van der Waals surface area contributed by atoms with E-state index >= 15 is 8.78 Å². The SMILES string of the molecule is CC(C)(C)Oc1cc(C(Cc2ccccc2)(NC(=O)c2ccc(F)c(C(F)(F)F)c2)c2cc(F)cc(OC(F)(F)C(F)F)c2)ccc1F. The molecular formula is C34H27F10NO3. The Bertz CT molecular complexity index is 1770. The molecule has 0 bridgehead atoms. The predicted octanol–water partition coefficient (Wildman–Crippen LogP) is 9.45. The number of ether oxygens (including phenoxy) is 2. The van der Waals surface area contributed by atoms with E-state index in [4.69, 9.17) is 4.74 Å². The van der Waals surface area contributed by atoms with Crippen LogP contribution in [0.25, 0.3) is 0 Å². The van der Waals surface area contributed by atoms with E-state index in [2.05, 4.69) is 10.1 Å². The Labute approximate surface area is 268 Å². The van der Waals surface area contributed by atoms with Gasteiger partial charge in [-0.15, -0.1) is 0 Å². The highest BCUT2D eigenvalue weighted by Crippen LogP contribution is 2.40. The summed E-state index contributed by atoms with van der Waals surface area (Å²) in [5.74, 6) is -6.63. The smallest absolute Gasteiger partial charge is 0.461 e. The number of rotatable bonds is 10. The van der Waals surface area contributed by atoms with Gasteiger partial charge in [-0.2, -0.15) is 30.7 Å². The van der Waals surface area contributed by atoms with E-state index in [0.717, 1.165) is 36.4 Å². The summed E-state index contributed by atoms with van der Waals surface area (Å²) in [7, 11) is 0. The second-order valence-corrected chi connectivity index (χ2v) is 11.7. The maximum atomic E-state index is 15.2. The van der Waals surface area contributed by atoms with Crippen LogP contribution >= 0.6 is 0 Å². The molecule has 14 heteroatoms. The highest BCUT2D eigenvalue weighted by atomic mass is 19.4. The molecule has 0 saturated carbocycles. The fourth-order valence-corrected chi connectivity index (χ4v) is 4.86. The van der Waals surface area contributed by atoms with Gasteiger partial charge in [0.05, 0.1) is 11.1 Å². The Morgan fingerprint density at radius 2 is 1.40 bits per heavy atom. The number of amides is 1. The fourth-order valence-electron chi connectivity index (χ4n) is 4.86. The number of nitrogens with one attached hydrogen (secondary N) is 1. The van der Waals surface area contributed by atoms with Gasteiger partial charge in [-0.25, -0.2) is 13.2 Å². The van der Waals surface area contributed by atoms with Crippen LogP contribution in [0.2, 0.25) is 0 Å². The zero-order valence-corrected chi connectivity index (χ0v) is 25.4. The number of carbonyl (C=O) groups is 1. The van der Waals surface area contributed by atoms with Gasteiger partial charge in [0.2, 0.25) is 0 Å². The number of hydrogen-bond donors (Lipinski definition) is 1. The summed E-state index contributed by atoms with van der Waals surface area (Å²) in [5.41, 5.74) is -5.82. The quantitative estimate of drug-likeness (QED) is 0.169. The van der Waals surface area contributed by atoms with Crippen LogP contribution in [0, 0.1) is 17.5 Å². The molecule has 1 unspecified atom stereocenters. The number of carbonyl (C=O) groups excluding carboxylic acids is 1. The number of benzene rings is 4. The van der Waals surface area contributed by atoms with Crippen molar-refractivity contribution in [3.63, 3.8) is 0 Å². The van der Waals surface area contributed by atoms with E-state index in [-0.39, 0.29) is 17.4 Å². The van der Waals surface area contributed by atoms with Gasteiger partial charge in [0.25, 0.3) is 5.91 Å². The molecule has 0 radical (unpaired) electrons. The summed E-state index contributed by atoms with van der Waals surface area (Å²) >= 11 is 0. The zero-order chi connectivity index (χ0) is 35.7. The lowest BCUT2D eigenvalue weighted by Crippen LogP contribution is -2.49. The van der Waals surface area contributed by atoms with Crippen molar-refractivity contribution in [2.75, 3.05) is 0 Å². The van der Waals surface area contributed by atoms with Crippen LogP contribution < -0.4 is 14.8 Å². The zero-order valence-electron chi connectivity index (χ0n) is 25.4. The Balaban J connectivity index is 2.03. The molecule has 0 aromatic heterocycles. The first kappa shape index (κ1) is 36.1. The lowest BCUT2D eigenvalue weighted by Gasteiger charge is -2.37. The minimum atomic E-state index is -5.21. The fraction of sp³-hybridized carbons (Fsp3) is 0.265. The molecule has 1 amide bonds. The largest absolute Gasteiger partial charge is 0.485 e. The lowest BCUT2D eigenvalue weighted by molar-refractivity contribution is -0.253. The Kier molecular flexibility index (Phi) is 10.1. The third kappa shape index (κ3) is 8.39. The third-order valence-corrected chi connectivity index (χ3v) is 6.89. The molecule has 0 aliphatic rings. The van der Waals surface area contributed by atoms with E-state index in [0.29, 0.717) is 17.7 Å². The summed E-state index contributed by atoms with van der Waals surface area (Å²) < 4.78 is 149. The minimum Gasteiger partial charge on any atom is -0.485 e. The Morgan fingerprint density at radius 3 is 2.00 bits per heavy atom. The average molecular weight is 688 g/mol. The molecule has 4 aromatic rings. The monoisotopic (exact) mass is 687 g/mol. The molecule has 4 nitrogen and oxygen atoms in total. The van der Waals surface area contributed by atoms with E-state index in [9.17, 15) is 39.9 Å². The summed E-state index contributed by atoms with van der Waals surface area (Å²) in [4.78, 5) is 13.8.